The summed E-state index contributed by atoms with van der Waals surface area (Å²) in [6.07, 6.45) is 3.88. The normalized spacial score (nSPS) is 14.3. The highest BCUT2D eigenvalue weighted by Gasteiger charge is 2.29. The Bertz CT molecular complexity index is 1320. The number of benzene rings is 2. The molecule has 4 N–H and O–H groups in total. The van der Waals surface area contributed by atoms with E-state index in [0.717, 1.165) is 5.56 Å². The van der Waals surface area contributed by atoms with Crippen molar-refractivity contribution < 1.29 is 15.0 Å². The molecule has 4 rings (SSSR count). The Hall–Kier alpha value is -3.33. The van der Waals surface area contributed by atoms with Gasteiger partial charge in [-0.3, -0.25) is 9.78 Å². The van der Waals surface area contributed by atoms with E-state index in [1.165, 1.54) is 12.4 Å². The molecule has 4 aromatic rings. The Kier molecular flexibility index (Phi) is 8.53. The number of nitrogens with zero attached hydrogens (tertiary/aromatic N) is 3. The minimum Gasteiger partial charge on any atom is -0.391 e. The molecule has 0 spiro atoms. The van der Waals surface area contributed by atoms with E-state index in [0.29, 0.717) is 47.7 Å². The van der Waals surface area contributed by atoms with E-state index in [9.17, 15) is 15.0 Å². The second-order valence-corrected chi connectivity index (χ2v) is 10.4. The number of imidazole rings is 1. The number of aromatic amines is 1. The largest absolute Gasteiger partial charge is 0.391 e. The zero-order chi connectivity index (χ0) is 26.4. The van der Waals surface area contributed by atoms with E-state index in [-0.39, 0.29) is 11.6 Å². The molecule has 0 unspecified atom stereocenters. The van der Waals surface area contributed by atoms with Crippen molar-refractivity contribution in [3.05, 3.63) is 89.2 Å². The number of amides is 1. The summed E-state index contributed by atoms with van der Waals surface area (Å²) >= 11 is 6.08. The number of aliphatic hydroxyl groups is 2. The molecule has 8 nitrogen and oxygen atoms in total. The minimum atomic E-state index is -0.909. The third kappa shape index (κ3) is 7.58. The number of halogens is 1. The molecule has 0 saturated carbocycles. The predicted molar refractivity (Wildman–Crippen MR) is 143 cm³/mol. The third-order valence-corrected chi connectivity index (χ3v) is 6.53. The smallest absolute Gasteiger partial charge is 0.271 e. The first-order valence-corrected chi connectivity index (χ1v) is 12.7. The van der Waals surface area contributed by atoms with E-state index in [1.807, 2.05) is 48.5 Å². The van der Waals surface area contributed by atoms with Gasteiger partial charge in [0.25, 0.3) is 5.91 Å². The van der Waals surface area contributed by atoms with Gasteiger partial charge in [-0.15, -0.1) is 0 Å². The lowest BCUT2D eigenvalue weighted by Crippen LogP contribution is -2.45. The van der Waals surface area contributed by atoms with Gasteiger partial charge in [-0.25, -0.2) is 9.97 Å². The molecule has 194 valence electrons. The third-order valence-electron chi connectivity index (χ3n) is 6.34. The standard InChI is InChI=1S/C28H32ClN5O3/c1-28(2,37)13-12-19(26-31-17-25(29)34-26)15-24(35)22(14-18-8-4-3-5-9-18)33-27(36)23-16-30-20-10-6-7-11-21(20)32-23/h3-11,16-17,19,22,24,35,37H,12-15H2,1-2H3,(H,31,34)(H,33,36)/t19-,22+,24+/m1/s1. The highest BCUT2D eigenvalue weighted by molar-refractivity contribution is 6.29. The number of nitrogens with one attached hydrogen (secondary N) is 2. The lowest BCUT2D eigenvalue weighted by molar-refractivity contribution is 0.0594. The number of aliphatic hydroxyl groups excluding tert-OH is 1. The van der Waals surface area contributed by atoms with Gasteiger partial charge < -0.3 is 20.5 Å². The Balaban J connectivity index is 1.56. The number of hydrogen-bond donors (Lipinski definition) is 4. The van der Waals surface area contributed by atoms with Crippen molar-refractivity contribution in [1.29, 1.82) is 0 Å². The lowest BCUT2D eigenvalue weighted by atomic mass is 9.87. The van der Waals surface area contributed by atoms with Crippen LogP contribution in [0.3, 0.4) is 0 Å². The highest BCUT2D eigenvalue weighted by Crippen LogP contribution is 2.29. The Morgan fingerprint density at radius 1 is 1.05 bits per heavy atom. The average molecular weight is 522 g/mol. The van der Waals surface area contributed by atoms with Crippen LogP contribution in [-0.2, 0) is 6.42 Å². The SMILES string of the molecule is CC(C)(O)CC[C@H](C[C@H](O)[C@H](Cc1ccccc1)NC(=O)c1cnc2ccccc2n1)c1ncc(Cl)[nH]1. The molecule has 0 aliphatic carbocycles. The van der Waals surface area contributed by atoms with Crippen LogP contribution >= 0.6 is 11.6 Å². The van der Waals surface area contributed by atoms with Crippen molar-refractivity contribution in [1.82, 2.24) is 25.3 Å². The average Bonchev–Trinajstić information content (AvgIpc) is 3.31. The van der Waals surface area contributed by atoms with Crippen LogP contribution in [0, 0.1) is 0 Å². The fourth-order valence-electron chi connectivity index (χ4n) is 4.33. The van der Waals surface area contributed by atoms with Crippen LogP contribution in [0.4, 0.5) is 0 Å². The number of H-pyrrole nitrogens is 1. The van der Waals surface area contributed by atoms with Crippen LogP contribution in [0.2, 0.25) is 5.15 Å². The van der Waals surface area contributed by atoms with Crippen molar-refractivity contribution in [2.45, 2.75) is 63.2 Å². The van der Waals surface area contributed by atoms with Crippen molar-refractivity contribution in [2.24, 2.45) is 0 Å². The number of para-hydroxylation sites is 2. The number of rotatable bonds is 11. The van der Waals surface area contributed by atoms with Gasteiger partial charge in [0, 0.05) is 5.92 Å². The molecular weight excluding hydrogens is 490 g/mol. The predicted octanol–water partition coefficient (Wildman–Crippen LogP) is 4.43. The first-order chi connectivity index (χ1) is 17.7. The molecule has 0 fully saturated rings. The van der Waals surface area contributed by atoms with Crippen molar-refractivity contribution >= 4 is 28.5 Å². The molecule has 37 heavy (non-hydrogen) atoms. The maximum Gasteiger partial charge on any atom is 0.271 e. The number of hydrogen-bond acceptors (Lipinski definition) is 6. The summed E-state index contributed by atoms with van der Waals surface area (Å²) < 4.78 is 0. The molecule has 2 aromatic heterocycles. The second-order valence-electron chi connectivity index (χ2n) is 9.98. The number of aromatic nitrogens is 4. The van der Waals surface area contributed by atoms with E-state index in [4.69, 9.17) is 11.6 Å². The molecule has 0 aliphatic heterocycles. The zero-order valence-corrected chi connectivity index (χ0v) is 21.7. The summed E-state index contributed by atoms with van der Waals surface area (Å²) in [7, 11) is 0. The fourth-order valence-corrected chi connectivity index (χ4v) is 4.48. The van der Waals surface area contributed by atoms with Crippen molar-refractivity contribution in [2.75, 3.05) is 0 Å². The van der Waals surface area contributed by atoms with Crippen LogP contribution in [-0.4, -0.2) is 53.8 Å². The van der Waals surface area contributed by atoms with Gasteiger partial charge in [-0.05, 0) is 57.2 Å². The Labute approximate surface area is 221 Å². The van der Waals surface area contributed by atoms with Gasteiger partial charge >= 0.3 is 0 Å². The maximum absolute atomic E-state index is 13.2. The topological polar surface area (TPSA) is 124 Å². The number of fused-ring (bicyclic) bond motifs is 1. The fraction of sp³-hybridized carbons (Fsp3) is 0.357. The lowest BCUT2D eigenvalue weighted by Gasteiger charge is -2.28. The van der Waals surface area contributed by atoms with Crippen LogP contribution in [0.15, 0.2) is 67.0 Å². The van der Waals surface area contributed by atoms with Gasteiger partial charge in [0.2, 0.25) is 0 Å². The number of carbonyl (C=O) groups is 1. The van der Waals surface area contributed by atoms with Crippen LogP contribution in [0.1, 0.15) is 60.9 Å². The molecule has 0 bridgehead atoms. The Morgan fingerprint density at radius 2 is 1.76 bits per heavy atom. The molecule has 3 atom stereocenters. The summed E-state index contributed by atoms with van der Waals surface area (Å²) in [6, 6.07) is 16.4. The highest BCUT2D eigenvalue weighted by atomic mass is 35.5. The van der Waals surface area contributed by atoms with E-state index >= 15 is 0 Å². The van der Waals surface area contributed by atoms with Gasteiger partial charge in [0.15, 0.2) is 0 Å². The first-order valence-electron chi connectivity index (χ1n) is 12.4. The van der Waals surface area contributed by atoms with Gasteiger partial charge in [-0.1, -0.05) is 54.1 Å². The van der Waals surface area contributed by atoms with Crippen molar-refractivity contribution in [3.8, 4) is 0 Å². The summed E-state index contributed by atoms with van der Waals surface area (Å²) in [5, 5.41) is 25.1. The summed E-state index contributed by atoms with van der Waals surface area (Å²) in [5.41, 5.74) is 1.61. The summed E-state index contributed by atoms with van der Waals surface area (Å²) in [5.74, 6) is 0.0235. The molecule has 0 radical (unpaired) electrons. The molecular formula is C28H32ClN5O3. The van der Waals surface area contributed by atoms with E-state index in [1.54, 1.807) is 19.9 Å². The van der Waals surface area contributed by atoms with Gasteiger partial charge in [0.1, 0.15) is 16.7 Å². The Morgan fingerprint density at radius 3 is 2.43 bits per heavy atom. The van der Waals surface area contributed by atoms with Gasteiger partial charge in [0.05, 0.1) is 41.2 Å². The summed E-state index contributed by atoms with van der Waals surface area (Å²) in [4.78, 5) is 29.4. The van der Waals surface area contributed by atoms with Crippen molar-refractivity contribution in [3.63, 3.8) is 0 Å². The molecule has 2 aromatic carbocycles. The molecule has 0 aliphatic rings. The van der Waals surface area contributed by atoms with E-state index in [2.05, 4.69) is 25.3 Å². The molecule has 0 saturated heterocycles. The molecule has 2 heterocycles. The first kappa shape index (κ1) is 26.7. The monoisotopic (exact) mass is 521 g/mol. The number of carbonyl (C=O) groups excluding carboxylic acids is 1. The quantitative estimate of drug-likeness (QED) is 0.231. The maximum atomic E-state index is 13.2. The minimum absolute atomic E-state index is 0.181. The zero-order valence-electron chi connectivity index (χ0n) is 20.9. The summed E-state index contributed by atoms with van der Waals surface area (Å²) in [6.45, 7) is 3.50. The van der Waals surface area contributed by atoms with Gasteiger partial charge in [-0.2, -0.15) is 0 Å². The van der Waals surface area contributed by atoms with E-state index < -0.39 is 23.7 Å². The molecule has 9 heteroatoms. The second kappa shape index (κ2) is 11.8. The molecule has 1 amide bonds. The van der Waals surface area contributed by atoms with Crippen LogP contribution < -0.4 is 5.32 Å². The van der Waals surface area contributed by atoms with Crippen LogP contribution in [0.5, 0.6) is 0 Å². The van der Waals surface area contributed by atoms with Crippen LogP contribution in [0.25, 0.3) is 11.0 Å².